The number of rotatable bonds is 7. The van der Waals surface area contributed by atoms with Crippen LogP contribution in [-0.4, -0.2) is 36.6 Å². The van der Waals surface area contributed by atoms with Gasteiger partial charge >= 0.3 is 6.80 Å². The molecule has 0 saturated carbocycles. The molecule has 2 atom stereocenters. The summed E-state index contributed by atoms with van der Waals surface area (Å²) in [4.78, 5) is 0. The first kappa shape index (κ1) is 15.4. The summed E-state index contributed by atoms with van der Waals surface area (Å²) >= 11 is 18.2. The first-order chi connectivity index (χ1) is 6.49. The summed E-state index contributed by atoms with van der Waals surface area (Å²) in [5.41, 5.74) is 0. The molecule has 0 fully saturated rings. The molecule has 0 saturated heterocycles. The average Bonchev–Trinajstić information content (AvgIpc) is 2.24. The van der Waals surface area contributed by atoms with Gasteiger partial charge in [-0.3, -0.25) is 0 Å². The van der Waals surface area contributed by atoms with E-state index in [0.29, 0.717) is 5.75 Å². The van der Waals surface area contributed by atoms with Gasteiger partial charge in [0.1, 0.15) is 0 Å². The molecule has 0 N–H and O–H groups in total. The second kappa shape index (κ2) is 7.61. The number of hydrogen-bond acceptors (Lipinski definition) is 4. The van der Waals surface area contributed by atoms with E-state index in [-0.39, 0.29) is 16.6 Å². The van der Waals surface area contributed by atoms with Crippen LogP contribution in [0.25, 0.3) is 0 Å². The predicted molar refractivity (Wildman–Crippen MR) is 64.1 cm³/mol. The third kappa shape index (κ3) is 5.45. The molecule has 0 amide bonds. The monoisotopic (exact) mass is 300 g/mol. The summed E-state index contributed by atoms with van der Waals surface area (Å²) in [6.45, 7) is -3.05. The predicted octanol–water partition coefficient (Wildman–Crippen LogP) is 3.57. The van der Waals surface area contributed by atoms with E-state index in [9.17, 15) is 4.57 Å². The molecular weight excluding hydrogens is 289 g/mol. The van der Waals surface area contributed by atoms with Gasteiger partial charge in [-0.2, -0.15) is 0 Å². The van der Waals surface area contributed by atoms with Crippen molar-refractivity contribution in [2.75, 3.05) is 25.9 Å². The van der Waals surface area contributed by atoms with Gasteiger partial charge in [-0.15, -0.1) is 34.8 Å². The molecule has 2 unspecified atom stereocenters. The zero-order valence-electron chi connectivity index (χ0n) is 7.78. The van der Waals surface area contributed by atoms with E-state index in [1.54, 1.807) is 0 Å². The Labute approximate surface area is 103 Å². The highest BCUT2D eigenvalue weighted by Gasteiger charge is 2.26. The minimum absolute atomic E-state index is 0.251. The van der Waals surface area contributed by atoms with E-state index >= 15 is 0 Å². The van der Waals surface area contributed by atoms with Crippen molar-refractivity contribution in [1.29, 1.82) is 0 Å². The van der Waals surface area contributed by atoms with Crippen LogP contribution in [0.3, 0.4) is 0 Å². The normalized spacial score (nSPS) is 16.6. The minimum atomic E-state index is -3.05. The van der Waals surface area contributed by atoms with Crippen LogP contribution in [0.2, 0.25) is 0 Å². The van der Waals surface area contributed by atoms with Gasteiger partial charge in [0, 0.05) is 25.9 Å². The van der Waals surface area contributed by atoms with Crippen molar-refractivity contribution in [3.8, 4) is 0 Å². The Balaban J connectivity index is 3.98. The molecular formula is C6H12Cl3O3PS. The first-order valence-electron chi connectivity index (χ1n) is 3.69. The fraction of sp³-hybridized carbons (Fsp3) is 1.00. The lowest BCUT2D eigenvalue weighted by Gasteiger charge is -2.16. The highest BCUT2D eigenvalue weighted by Crippen LogP contribution is 2.59. The third-order valence-electron chi connectivity index (χ3n) is 1.38. The van der Waals surface area contributed by atoms with E-state index in [0.717, 1.165) is 11.4 Å². The molecule has 0 radical (unpaired) electrons. The summed E-state index contributed by atoms with van der Waals surface area (Å²) in [6, 6.07) is 0. The lowest BCUT2D eigenvalue weighted by atomic mass is 10.4. The highest BCUT2D eigenvalue weighted by atomic mass is 35.5. The lowest BCUT2D eigenvalue weighted by Crippen LogP contribution is -2.19. The summed E-state index contributed by atoms with van der Waals surface area (Å²) in [7, 11) is 2.64. The number of hydrogen-bond donors (Lipinski definition) is 0. The Kier molecular flexibility index (Phi) is 8.36. The van der Waals surface area contributed by atoms with Gasteiger partial charge in [0.15, 0.2) is 0 Å². The Morgan fingerprint density at radius 3 is 2.14 bits per heavy atom. The van der Waals surface area contributed by atoms with Gasteiger partial charge in [0.2, 0.25) is 0 Å². The molecule has 0 spiro atoms. The van der Waals surface area contributed by atoms with E-state index in [4.69, 9.17) is 43.9 Å². The topological polar surface area (TPSA) is 35.5 Å². The Bertz CT molecular complexity index is 199. The molecule has 0 aliphatic heterocycles. The van der Waals surface area contributed by atoms with E-state index in [1.807, 2.05) is 0 Å². The molecule has 8 heteroatoms. The molecule has 14 heavy (non-hydrogen) atoms. The SMILES string of the molecule is COP(=O)(OC)SCC(Cl)C(Cl)CCl. The third-order valence-corrected chi connectivity index (χ3v) is 7.11. The summed E-state index contributed by atoms with van der Waals surface area (Å²) in [5, 5.41) is -0.717. The quantitative estimate of drug-likeness (QED) is 0.532. The Hall–Kier alpha value is 1.37. The van der Waals surface area contributed by atoms with Crippen LogP contribution >= 0.6 is 53.0 Å². The van der Waals surface area contributed by atoms with Crippen molar-refractivity contribution < 1.29 is 13.6 Å². The zero-order valence-corrected chi connectivity index (χ0v) is 11.8. The molecule has 0 bridgehead atoms. The van der Waals surface area contributed by atoms with Gasteiger partial charge in [0.05, 0.1) is 10.8 Å². The average molecular weight is 302 g/mol. The van der Waals surface area contributed by atoms with E-state index < -0.39 is 6.80 Å². The van der Waals surface area contributed by atoms with Crippen molar-refractivity contribution in [3.05, 3.63) is 0 Å². The number of halogens is 3. The van der Waals surface area contributed by atoms with Gasteiger partial charge in [0.25, 0.3) is 0 Å². The Morgan fingerprint density at radius 1 is 1.29 bits per heavy atom. The molecule has 0 rings (SSSR count). The highest BCUT2D eigenvalue weighted by molar-refractivity contribution is 8.55. The molecule has 0 aromatic heterocycles. The van der Waals surface area contributed by atoms with Gasteiger partial charge in [-0.1, -0.05) is 0 Å². The molecule has 3 nitrogen and oxygen atoms in total. The Morgan fingerprint density at radius 2 is 1.79 bits per heavy atom. The second-order valence-electron chi connectivity index (χ2n) is 2.29. The summed E-state index contributed by atoms with van der Waals surface area (Å²) < 4.78 is 21.0. The van der Waals surface area contributed by atoms with Crippen LogP contribution < -0.4 is 0 Å². The molecule has 0 aromatic rings. The van der Waals surface area contributed by atoms with Gasteiger partial charge < -0.3 is 9.05 Å². The van der Waals surface area contributed by atoms with Crippen LogP contribution in [0.1, 0.15) is 0 Å². The smallest absolute Gasteiger partial charge is 0.304 e. The van der Waals surface area contributed by atoms with Crippen LogP contribution in [0, 0.1) is 0 Å². The molecule has 0 aromatic carbocycles. The van der Waals surface area contributed by atoms with E-state index in [1.165, 1.54) is 14.2 Å². The van der Waals surface area contributed by atoms with Crippen molar-refractivity contribution in [2.45, 2.75) is 10.8 Å². The second-order valence-corrected chi connectivity index (χ2v) is 8.06. The number of alkyl halides is 3. The van der Waals surface area contributed by atoms with Gasteiger partial charge in [-0.05, 0) is 11.4 Å². The standard InChI is InChI=1S/C6H12Cl3O3PS/c1-11-13(10,12-2)14-4-6(9)5(8)3-7/h5-6H,3-4H2,1-2H3. The molecule has 0 heterocycles. The molecule has 0 aliphatic rings. The summed E-state index contributed by atoms with van der Waals surface area (Å²) in [6.07, 6.45) is 0. The zero-order chi connectivity index (χ0) is 11.2. The fourth-order valence-corrected chi connectivity index (χ4v) is 4.17. The maximum Gasteiger partial charge on any atom is 0.388 e. The molecule has 86 valence electrons. The van der Waals surface area contributed by atoms with Crippen LogP contribution in [0.4, 0.5) is 0 Å². The summed E-state index contributed by atoms with van der Waals surface area (Å²) in [5.74, 6) is 0.613. The molecule has 0 aliphatic carbocycles. The van der Waals surface area contributed by atoms with Crippen LogP contribution in [0.5, 0.6) is 0 Å². The van der Waals surface area contributed by atoms with E-state index in [2.05, 4.69) is 0 Å². The maximum absolute atomic E-state index is 11.5. The minimum Gasteiger partial charge on any atom is -0.304 e. The van der Waals surface area contributed by atoms with Crippen molar-refractivity contribution in [1.82, 2.24) is 0 Å². The fourth-order valence-electron chi connectivity index (χ4n) is 0.544. The van der Waals surface area contributed by atoms with Crippen molar-refractivity contribution >= 4 is 53.0 Å². The van der Waals surface area contributed by atoms with Crippen molar-refractivity contribution in [2.24, 2.45) is 0 Å². The van der Waals surface area contributed by atoms with Crippen LogP contribution in [0.15, 0.2) is 0 Å². The maximum atomic E-state index is 11.5. The van der Waals surface area contributed by atoms with Crippen molar-refractivity contribution in [3.63, 3.8) is 0 Å². The van der Waals surface area contributed by atoms with Crippen LogP contribution in [-0.2, 0) is 13.6 Å². The largest absolute Gasteiger partial charge is 0.388 e. The lowest BCUT2D eigenvalue weighted by molar-refractivity contribution is 0.295. The first-order valence-corrected chi connectivity index (χ1v) is 8.23. The van der Waals surface area contributed by atoms with Gasteiger partial charge in [-0.25, -0.2) is 4.57 Å².